The normalized spacial score (nSPS) is 10.5. The number of Topliss-reactive ketones (excluding diaryl/α,β-unsaturated/α-hetero) is 2. The molecule has 0 aliphatic heterocycles. The molecule has 0 aromatic carbocycles. The van der Waals surface area contributed by atoms with Crippen LogP contribution in [-0.4, -0.2) is 36.1 Å². The van der Waals surface area contributed by atoms with E-state index < -0.39 is 0 Å². The Morgan fingerprint density at radius 2 is 1.31 bits per heavy atom. The maximum absolute atomic E-state index is 11.1. The highest BCUT2D eigenvalue weighted by atomic mass is 16.1. The highest BCUT2D eigenvalue weighted by Crippen LogP contribution is 1.93. The maximum Gasteiger partial charge on any atom is 0.146 e. The number of nitrogens with zero attached hydrogens (tertiary/aromatic N) is 1. The average Bonchev–Trinajstić information content (AvgIpc) is 2.16. The fourth-order valence-corrected chi connectivity index (χ4v) is 1.00. The topological polar surface area (TPSA) is 37.4 Å². The SMILES string of the molecule is CCC(=O)CN(CC)CC(=O)CC. The standard InChI is InChI=1S/C10H19NO2/c1-4-9(12)7-11(6-3)8-10(13)5-2/h4-8H2,1-3H3. The molecule has 0 fully saturated rings. The summed E-state index contributed by atoms with van der Waals surface area (Å²) in [6.45, 7) is 7.25. The molecule has 0 aromatic heterocycles. The minimum absolute atomic E-state index is 0.200. The van der Waals surface area contributed by atoms with E-state index in [9.17, 15) is 9.59 Å². The molecular weight excluding hydrogens is 166 g/mol. The summed E-state index contributed by atoms with van der Waals surface area (Å²) in [7, 11) is 0. The van der Waals surface area contributed by atoms with E-state index in [0.29, 0.717) is 25.9 Å². The molecule has 3 nitrogen and oxygen atoms in total. The number of likely N-dealkylation sites (N-methyl/N-ethyl adjacent to an activating group) is 1. The minimum atomic E-state index is 0.200. The van der Waals surface area contributed by atoms with E-state index in [1.165, 1.54) is 0 Å². The van der Waals surface area contributed by atoms with Crippen LogP contribution >= 0.6 is 0 Å². The Morgan fingerprint density at radius 3 is 1.54 bits per heavy atom. The lowest BCUT2D eigenvalue weighted by molar-refractivity contribution is -0.122. The molecule has 0 bridgehead atoms. The van der Waals surface area contributed by atoms with Crippen molar-refractivity contribution in [3.63, 3.8) is 0 Å². The summed E-state index contributed by atoms with van der Waals surface area (Å²) in [5, 5.41) is 0. The van der Waals surface area contributed by atoms with E-state index >= 15 is 0 Å². The molecule has 0 saturated carbocycles. The van der Waals surface area contributed by atoms with Crippen molar-refractivity contribution in [2.24, 2.45) is 0 Å². The quantitative estimate of drug-likeness (QED) is 0.599. The number of hydrogen-bond donors (Lipinski definition) is 0. The van der Waals surface area contributed by atoms with Crippen molar-refractivity contribution < 1.29 is 9.59 Å². The first-order chi connectivity index (χ1) is 6.13. The monoisotopic (exact) mass is 185 g/mol. The van der Waals surface area contributed by atoms with Gasteiger partial charge in [0.2, 0.25) is 0 Å². The van der Waals surface area contributed by atoms with Gasteiger partial charge >= 0.3 is 0 Å². The summed E-state index contributed by atoms with van der Waals surface area (Å²) >= 11 is 0. The van der Waals surface area contributed by atoms with Gasteiger partial charge in [-0.15, -0.1) is 0 Å². The van der Waals surface area contributed by atoms with Gasteiger partial charge in [0.05, 0.1) is 13.1 Å². The molecule has 0 amide bonds. The Labute approximate surface area is 80.1 Å². The van der Waals surface area contributed by atoms with Crippen molar-refractivity contribution in [1.29, 1.82) is 0 Å². The molecule has 0 heterocycles. The van der Waals surface area contributed by atoms with Crippen molar-refractivity contribution in [2.75, 3.05) is 19.6 Å². The molecule has 0 aliphatic carbocycles. The Bertz CT molecular complexity index is 160. The van der Waals surface area contributed by atoms with Gasteiger partial charge in [0.1, 0.15) is 11.6 Å². The highest BCUT2D eigenvalue weighted by Gasteiger charge is 2.10. The molecule has 0 aromatic rings. The van der Waals surface area contributed by atoms with E-state index in [1.807, 2.05) is 25.7 Å². The first-order valence-corrected chi connectivity index (χ1v) is 4.89. The van der Waals surface area contributed by atoms with Gasteiger partial charge < -0.3 is 0 Å². The summed E-state index contributed by atoms with van der Waals surface area (Å²) in [6, 6.07) is 0. The van der Waals surface area contributed by atoms with Crippen LogP contribution in [0.5, 0.6) is 0 Å². The Morgan fingerprint density at radius 1 is 0.923 bits per heavy atom. The van der Waals surface area contributed by atoms with E-state index in [-0.39, 0.29) is 11.6 Å². The fourth-order valence-electron chi connectivity index (χ4n) is 1.00. The van der Waals surface area contributed by atoms with Crippen molar-refractivity contribution in [3.05, 3.63) is 0 Å². The lowest BCUT2D eigenvalue weighted by Crippen LogP contribution is -2.33. The van der Waals surface area contributed by atoms with Crippen LogP contribution in [0.4, 0.5) is 0 Å². The van der Waals surface area contributed by atoms with Crippen LogP contribution in [-0.2, 0) is 9.59 Å². The molecule has 0 spiro atoms. The average molecular weight is 185 g/mol. The molecule has 13 heavy (non-hydrogen) atoms. The summed E-state index contributed by atoms with van der Waals surface area (Å²) in [5.41, 5.74) is 0. The first kappa shape index (κ1) is 12.3. The third-order valence-corrected chi connectivity index (χ3v) is 2.04. The predicted octanol–water partition coefficient (Wildman–Crippen LogP) is 1.27. The van der Waals surface area contributed by atoms with E-state index in [2.05, 4.69) is 0 Å². The fraction of sp³-hybridized carbons (Fsp3) is 0.800. The van der Waals surface area contributed by atoms with Crippen molar-refractivity contribution in [2.45, 2.75) is 33.6 Å². The zero-order chi connectivity index (χ0) is 10.3. The number of hydrogen-bond acceptors (Lipinski definition) is 3. The van der Waals surface area contributed by atoms with E-state index in [4.69, 9.17) is 0 Å². The molecule has 3 heteroatoms. The molecule has 0 atom stereocenters. The number of ketones is 2. The molecule has 76 valence electrons. The second-order valence-corrected chi connectivity index (χ2v) is 3.09. The molecule has 0 N–H and O–H groups in total. The summed E-state index contributed by atoms with van der Waals surface area (Å²) in [4.78, 5) is 24.1. The van der Waals surface area contributed by atoms with Crippen LogP contribution in [0.25, 0.3) is 0 Å². The summed E-state index contributed by atoms with van der Waals surface area (Å²) in [5.74, 6) is 0.400. The Balaban J connectivity index is 3.89. The van der Waals surface area contributed by atoms with E-state index in [0.717, 1.165) is 6.54 Å². The molecule has 0 aliphatic rings. The van der Waals surface area contributed by atoms with Crippen molar-refractivity contribution in [1.82, 2.24) is 4.90 Å². The Kier molecular flexibility index (Phi) is 6.41. The second kappa shape index (κ2) is 6.78. The van der Waals surface area contributed by atoms with Gasteiger partial charge in [-0.25, -0.2) is 0 Å². The van der Waals surface area contributed by atoms with Crippen LogP contribution in [0.2, 0.25) is 0 Å². The van der Waals surface area contributed by atoms with Gasteiger partial charge in [-0.3, -0.25) is 14.5 Å². The van der Waals surface area contributed by atoms with E-state index in [1.54, 1.807) is 0 Å². The van der Waals surface area contributed by atoms with Crippen LogP contribution in [0.3, 0.4) is 0 Å². The second-order valence-electron chi connectivity index (χ2n) is 3.09. The number of carbonyl (C=O) groups excluding carboxylic acids is 2. The van der Waals surface area contributed by atoms with Crippen molar-refractivity contribution >= 4 is 11.6 Å². The van der Waals surface area contributed by atoms with Crippen molar-refractivity contribution in [3.8, 4) is 0 Å². The zero-order valence-corrected chi connectivity index (χ0v) is 8.80. The van der Waals surface area contributed by atoms with Gasteiger partial charge in [-0.2, -0.15) is 0 Å². The highest BCUT2D eigenvalue weighted by molar-refractivity contribution is 5.83. The van der Waals surface area contributed by atoms with Gasteiger partial charge in [-0.1, -0.05) is 20.8 Å². The van der Waals surface area contributed by atoms with Crippen LogP contribution in [0.15, 0.2) is 0 Å². The largest absolute Gasteiger partial charge is 0.298 e. The van der Waals surface area contributed by atoms with Gasteiger partial charge in [-0.05, 0) is 6.54 Å². The molecule has 0 unspecified atom stereocenters. The van der Waals surface area contributed by atoms with Crippen LogP contribution in [0.1, 0.15) is 33.6 Å². The van der Waals surface area contributed by atoms with Gasteiger partial charge in [0.15, 0.2) is 0 Å². The van der Waals surface area contributed by atoms with Crippen LogP contribution < -0.4 is 0 Å². The van der Waals surface area contributed by atoms with Gasteiger partial charge in [0, 0.05) is 12.8 Å². The lowest BCUT2D eigenvalue weighted by atomic mass is 10.2. The number of carbonyl (C=O) groups is 2. The summed E-state index contributed by atoms with van der Waals surface area (Å²) in [6.07, 6.45) is 1.10. The minimum Gasteiger partial charge on any atom is -0.298 e. The zero-order valence-electron chi connectivity index (χ0n) is 8.80. The maximum atomic E-state index is 11.1. The predicted molar refractivity (Wildman–Crippen MR) is 52.7 cm³/mol. The molecule has 0 radical (unpaired) electrons. The molecule has 0 rings (SSSR count). The lowest BCUT2D eigenvalue weighted by Gasteiger charge is -2.17. The third-order valence-electron chi connectivity index (χ3n) is 2.04. The molecule has 0 saturated heterocycles. The van der Waals surface area contributed by atoms with Crippen LogP contribution in [0, 0.1) is 0 Å². The van der Waals surface area contributed by atoms with Gasteiger partial charge in [0.25, 0.3) is 0 Å². The number of rotatable bonds is 7. The smallest absolute Gasteiger partial charge is 0.146 e. The third kappa shape index (κ3) is 5.53. The first-order valence-electron chi connectivity index (χ1n) is 4.89. The summed E-state index contributed by atoms with van der Waals surface area (Å²) < 4.78 is 0. The Hall–Kier alpha value is -0.700. The molecular formula is C10H19NO2.